The number of carboxylic acid groups (broad SMARTS) is 1. The van der Waals surface area contributed by atoms with Gasteiger partial charge in [-0.25, -0.2) is 9.48 Å². The Morgan fingerprint density at radius 2 is 2.24 bits per heavy atom. The van der Waals surface area contributed by atoms with Crippen molar-refractivity contribution in [2.45, 2.75) is 19.3 Å². The van der Waals surface area contributed by atoms with Gasteiger partial charge in [-0.05, 0) is 37.5 Å². The second-order valence-corrected chi connectivity index (χ2v) is 4.97. The number of unbranched alkanes of at least 4 members (excludes halogenated alkanes) is 1. The molecule has 0 unspecified atom stereocenters. The van der Waals surface area contributed by atoms with E-state index in [9.17, 15) is 9.90 Å². The minimum Gasteiger partial charge on any atom is -0.476 e. The van der Waals surface area contributed by atoms with Gasteiger partial charge in [-0.3, -0.25) is 0 Å². The summed E-state index contributed by atoms with van der Waals surface area (Å²) in [5.74, 6) is -1.08. The molecule has 1 N–H and O–H groups in total. The molecule has 0 saturated carbocycles. The van der Waals surface area contributed by atoms with Gasteiger partial charge >= 0.3 is 5.97 Å². The summed E-state index contributed by atoms with van der Waals surface area (Å²) in [6, 6.07) is 7.07. The maximum absolute atomic E-state index is 11.3. The van der Waals surface area contributed by atoms with Crippen LogP contribution < -0.4 is 0 Å². The highest BCUT2D eigenvalue weighted by Gasteiger charge is 2.19. The molecular formula is C14H16ClN3O3. The van der Waals surface area contributed by atoms with Gasteiger partial charge in [-0.2, -0.15) is 0 Å². The second-order valence-electron chi connectivity index (χ2n) is 4.53. The summed E-state index contributed by atoms with van der Waals surface area (Å²) in [4.78, 5) is 11.3. The molecule has 1 aromatic heterocycles. The lowest BCUT2D eigenvalue weighted by Gasteiger charge is -2.07. The van der Waals surface area contributed by atoms with Gasteiger partial charge in [0.1, 0.15) is 0 Å². The highest BCUT2D eigenvalue weighted by atomic mass is 35.5. The number of aromatic nitrogens is 3. The molecule has 0 bridgehead atoms. The van der Waals surface area contributed by atoms with Crippen LogP contribution in [0.3, 0.4) is 0 Å². The van der Waals surface area contributed by atoms with Gasteiger partial charge in [0.05, 0.1) is 11.4 Å². The largest absolute Gasteiger partial charge is 0.476 e. The Morgan fingerprint density at radius 3 is 2.90 bits per heavy atom. The number of aromatic carboxylic acids is 1. The average molecular weight is 310 g/mol. The van der Waals surface area contributed by atoms with Crippen molar-refractivity contribution in [3.63, 3.8) is 0 Å². The molecule has 2 rings (SSSR count). The van der Waals surface area contributed by atoms with Crippen LogP contribution in [0.15, 0.2) is 24.3 Å². The number of hydrogen-bond acceptors (Lipinski definition) is 4. The van der Waals surface area contributed by atoms with Gasteiger partial charge in [0, 0.05) is 18.7 Å². The number of rotatable bonds is 7. The van der Waals surface area contributed by atoms with E-state index in [4.69, 9.17) is 16.3 Å². The van der Waals surface area contributed by atoms with E-state index in [0.717, 1.165) is 12.8 Å². The molecule has 0 aliphatic carbocycles. The van der Waals surface area contributed by atoms with Crippen molar-refractivity contribution in [1.29, 1.82) is 0 Å². The molecule has 0 spiro atoms. The molecule has 6 nitrogen and oxygen atoms in total. The first-order chi connectivity index (χ1) is 10.1. The minimum absolute atomic E-state index is 0.0209. The Morgan fingerprint density at radius 1 is 1.43 bits per heavy atom. The summed E-state index contributed by atoms with van der Waals surface area (Å²) in [7, 11) is 1.64. The Hall–Kier alpha value is -1.92. The van der Waals surface area contributed by atoms with E-state index >= 15 is 0 Å². The lowest BCUT2D eigenvalue weighted by Crippen LogP contribution is -2.07. The number of hydrogen-bond donors (Lipinski definition) is 1. The molecule has 0 radical (unpaired) electrons. The molecule has 2 aromatic rings. The van der Waals surface area contributed by atoms with E-state index in [1.54, 1.807) is 25.3 Å². The smallest absolute Gasteiger partial charge is 0.358 e. The maximum atomic E-state index is 11.3. The lowest BCUT2D eigenvalue weighted by molar-refractivity contribution is 0.0689. The number of methoxy groups -OCH3 is 1. The fourth-order valence-corrected chi connectivity index (χ4v) is 2.23. The second kappa shape index (κ2) is 7.19. The molecule has 0 aliphatic heterocycles. The van der Waals surface area contributed by atoms with Crippen molar-refractivity contribution in [2.24, 2.45) is 0 Å². The highest BCUT2D eigenvalue weighted by molar-refractivity contribution is 6.30. The van der Waals surface area contributed by atoms with E-state index in [1.165, 1.54) is 4.68 Å². The van der Waals surface area contributed by atoms with Crippen molar-refractivity contribution >= 4 is 17.6 Å². The van der Waals surface area contributed by atoms with Crippen molar-refractivity contribution in [3.05, 3.63) is 40.7 Å². The van der Waals surface area contributed by atoms with Crippen molar-refractivity contribution in [3.8, 4) is 5.69 Å². The highest BCUT2D eigenvalue weighted by Crippen LogP contribution is 2.19. The predicted octanol–water partition coefficient (Wildman–Crippen LogP) is 2.59. The molecule has 0 saturated heterocycles. The Bertz CT molecular complexity index is 628. The molecule has 1 heterocycles. The quantitative estimate of drug-likeness (QED) is 0.795. The lowest BCUT2D eigenvalue weighted by atomic mass is 10.1. The summed E-state index contributed by atoms with van der Waals surface area (Å²) in [5.41, 5.74) is 1.25. The van der Waals surface area contributed by atoms with Crippen molar-refractivity contribution < 1.29 is 14.6 Å². The number of nitrogens with zero attached hydrogens (tertiary/aromatic N) is 3. The molecule has 0 aliphatic rings. The molecule has 7 heteroatoms. The van der Waals surface area contributed by atoms with Crippen LogP contribution >= 0.6 is 11.6 Å². The van der Waals surface area contributed by atoms with E-state index in [-0.39, 0.29) is 5.69 Å². The average Bonchev–Trinajstić information content (AvgIpc) is 2.87. The van der Waals surface area contributed by atoms with Crippen LogP contribution in [-0.2, 0) is 11.2 Å². The van der Waals surface area contributed by atoms with Crippen LogP contribution in [0.25, 0.3) is 5.69 Å². The zero-order chi connectivity index (χ0) is 15.2. The predicted molar refractivity (Wildman–Crippen MR) is 78.1 cm³/mol. The van der Waals surface area contributed by atoms with Crippen LogP contribution in [0.1, 0.15) is 29.0 Å². The fourth-order valence-electron chi connectivity index (χ4n) is 2.05. The number of ether oxygens (including phenoxy) is 1. The summed E-state index contributed by atoms with van der Waals surface area (Å²) in [6.07, 6.45) is 2.20. The first kappa shape index (κ1) is 15.5. The molecule has 0 amide bonds. The maximum Gasteiger partial charge on any atom is 0.358 e. The van der Waals surface area contributed by atoms with Gasteiger partial charge in [0.15, 0.2) is 5.69 Å². The van der Waals surface area contributed by atoms with E-state index < -0.39 is 5.97 Å². The van der Waals surface area contributed by atoms with Crippen LogP contribution in [0.2, 0.25) is 5.02 Å². The normalized spacial score (nSPS) is 10.8. The van der Waals surface area contributed by atoms with Gasteiger partial charge in [0.25, 0.3) is 0 Å². The van der Waals surface area contributed by atoms with E-state index in [1.807, 2.05) is 6.07 Å². The van der Waals surface area contributed by atoms with Crippen LogP contribution in [0.5, 0.6) is 0 Å². The Labute approximate surface area is 127 Å². The molecule has 1 aromatic carbocycles. The number of halogens is 1. The van der Waals surface area contributed by atoms with Crippen molar-refractivity contribution in [1.82, 2.24) is 15.0 Å². The third-order valence-corrected chi connectivity index (χ3v) is 3.27. The zero-order valence-corrected chi connectivity index (χ0v) is 12.4. The third kappa shape index (κ3) is 3.80. The van der Waals surface area contributed by atoms with Gasteiger partial charge in [-0.1, -0.05) is 22.9 Å². The SMILES string of the molecule is COCCCCc1c(C(=O)O)nnn1-c1cccc(Cl)c1. The van der Waals surface area contributed by atoms with Gasteiger partial charge in [-0.15, -0.1) is 5.10 Å². The minimum atomic E-state index is -1.08. The summed E-state index contributed by atoms with van der Waals surface area (Å²) >= 11 is 5.97. The third-order valence-electron chi connectivity index (χ3n) is 3.03. The van der Waals surface area contributed by atoms with Crippen LogP contribution in [-0.4, -0.2) is 39.8 Å². The van der Waals surface area contributed by atoms with Gasteiger partial charge < -0.3 is 9.84 Å². The number of benzene rings is 1. The fraction of sp³-hybridized carbons (Fsp3) is 0.357. The van der Waals surface area contributed by atoms with Gasteiger partial charge in [0.2, 0.25) is 0 Å². The van der Waals surface area contributed by atoms with Crippen LogP contribution in [0, 0.1) is 0 Å². The van der Waals surface area contributed by atoms with Crippen molar-refractivity contribution in [2.75, 3.05) is 13.7 Å². The summed E-state index contributed by atoms with van der Waals surface area (Å²) in [6.45, 7) is 0.640. The summed E-state index contributed by atoms with van der Waals surface area (Å²) in [5, 5.41) is 17.5. The van der Waals surface area contributed by atoms with Crippen LogP contribution in [0.4, 0.5) is 0 Å². The monoisotopic (exact) mass is 309 g/mol. The first-order valence-electron chi connectivity index (χ1n) is 6.56. The molecule has 0 fully saturated rings. The Balaban J connectivity index is 2.30. The van der Waals surface area contributed by atoms with E-state index in [0.29, 0.717) is 29.4 Å². The standard InChI is InChI=1S/C14H16ClN3O3/c1-21-8-3-2-7-12-13(14(19)20)16-17-18(12)11-6-4-5-10(15)9-11/h4-6,9H,2-3,7-8H2,1H3,(H,19,20). The number of carbonyl (C=O) groups is 1. The summed E-state index contributed by atoms with van der Waals surface area (Å²) < 4.78 is 6.53. The Kier molecular flexibility index (Phi) is 5.30. The number of carboxylic acids is 1. The topological polar surface area (TPSA) is 77.2 Å². The van der Waals surface area contributed by atoms with E-state index in [2.05, 4.69) is 10.3 Å². The molecule has 21 heavy (non-hydrogen) atoms. The molecular weight excluding hydrogens is 294 g/mol. The first-order valence-corrected chi connectivity index (χ1v) is 6.94. The molecule has 112 valence electrons. The molecule has 0 atom stereocenters. The zero-order valence-electron chi connectivity index (χ0n) is 11.6.